The van der Waals surface area contributed by atoms with Gasteiger partial charge in [0.25, 0.3) is 0 Å². The van der Waals surface area contributed by atoms with Crippen molar-refractivity contribution >= 4 is 5.82 Å². The molecule has 5 heteroatoms. The van der Waals surface area contributed by atoms with Crippen molar-refractivity contribution in [3.63, 3.8) is 0 Å². The van der Waals surface area contributed by atoms with Gasteiger partial charge < -0.3 is 10.2 Å². The van der Waals surface area contributed by atoms with Crippen molar-refractivity contribution in [3.8, 4) is 0 Å². The Kier molecular flexibility index (Phi) is 4.20. The fourth-order valence-electron chi connectivity index (χ4n) is 2.82. The summed E-state index contributed by atoms with van der Waals surface area (Å²) in [6, 6.07) is 4.30. The monoisotopic (exact) mass is 285 g/mol. The number of pyridine rings is 1. The molecule has 0 atom stereocenters. The summed E-state index contributed by atoms with van der Waals surface area (Å²) in [5, 5.41) is 7.69. The molecule has 1 fully saturated rings. The second kappa shape index (κ2) is 6.26. The molecule has 0 aromatic carbocycles. The van der Waals surface area contributed by atoms with Crippen molar-refractivity contribution in [1.29, 1.82) is 0 Å². The predicted molar refractivity (Wildman–Crippen MR) is 84.2 cm³/mol. The van der Waals surface area contributed by atoms with Crippen LogP contribution in [0.1, 0.15) is 29.7 Å². The molecule has 0 saturated carbocycles. The highest BCUT2D eigenvalue weighted by molar-refractivity contribution is 5.48. The molecule has 1 aliphatic heterocycles. The minimum atomic E-state index is 0.834. The van der Waals surface area contributed by atoms with E-state index < -0.39 is 0 Å². The van der Waals surface area contributed by atoms with E-state index in [0.29, 0.717) is 0 Å². The number of rotatable bonds is 5. The van der Waals surface area contributed by atoms with Gasteiger partial charge in [-0.3, -0.25) is 4.68 Å². The van der Waals surface area contributed by atoms with E-state index in [4.69, 9.17) is 4.98 Å². The highest BCUT2D eigenvalue weighted by atomic mass is 15.2. The highest BCUT2D eigenvalue weighted by Gasteiger charge is 2.17. The first kappa shape index (κ1) is 14.1. The normalized spacial score (nSPS) is 14.9. The standard InChI is InChI=1S/C16H23N5/c1-13-5-6-15(16(19-13)21-7-3-4-8-21)11-17-9-14-10-18-20(2)12-14/h5-6,10,12,17H,3-4,7-9,11H2,1-2H3. The Balaban J connectivity index is 1.66. The summed E-state index contributed by atoms with van der Waals surface area (Å²) in [4.78, 5) is 7.17. The fraction of sp³-hybridized carbons (Fsp3) is 0.500. The zero-order valence-electron chi connectivity index (χ0n) is 12.8. The van der Waals surface area contributed by atoms with Gasteiger partial charge in [-0.1, -0.05) is 6.07 Å². The summed E-state index contributed by atoms with van der Waals surface area (Å²) >= 11 is 0. The molecule has 2 aromatic rings. The van der Waals surface area contributed by atoms with Crippen LogP contribution in [0.2, 0.25) is 0 Å². The van der Waals surface area contributed by atoms with Crippen LogP contribution in [0, 0.1) is 6.92 Å². The molecule has 1 saturated heterocycles. The maximum atomic E-state index is 4.75. The number of aryl methyl sites for hydroxylation is 2. The van der Waals surface area contributed by atoms with Gasteiger partial charge in [-0.25, -0.2) is 4.98 Å². The van der Waals surface area contributed by atoms with Crippen LogP contribution in [0.3, 0.4) is 0 Å². The van der Waals surface area contributed by atoms with Gasteiger partial charge in [0.1, 0.15) is 5.82 Å². The van der Waals surface area contributed by atoms with Crippen LogP contribution in [0.5, 0.6) is 0 Å². The van der Waals surface area contributed by atoms with Crippen molar-refractivity contribution in [2.24, 2.45) is 7.05 Å². The van der Waals surface area contributed by atoms with Gasteiger partial charge in [-0.2, -0.15) is 5.10 Å². The molecule has 0 spiro atoms. The Morgan fingerprint density at radius 3 is 2.71 bits per heavy atom. The minimum Gasteiger partial charge on any atom is -0.356 e. The molecular weight excluding hydrogens is 262 g/mol. The summed E-state index contributed by atoms with van der Waals surface area (Å²) in [6.45, 7) is 6.00. The molecular formula is C16H23N5. The molecule has 1 N–H and O–H groups in total. The van der Waals surface area contributed by atoms with Crippen LogP contribution in [0.25, 0.3) is 0 Å². The predicted octanol–water partition coefficient (Wildman–Crippen LogP) is 2.01. The lowest BCUT2D eigenvalue weighted by Crippen LogP contribution is -2.23. The molecule has 112 valence electrons. The van der Waals surface area contributed by atoms with Crippen LogP contribution in [-0.4, -0.2) is 27.9 Å². The van der Waals surface area contributed by atoms with Gasteiger partial charge in [0.2, 0.25) is 0 Å². The maximum absolute atomic E-state index is 4.75. The molecule has 0 aliphatic carbocycles. The van der Waals surface area contributed by atoms with Crippen molar-refractivity contribution in [1.82, 2.24) is 20.1 Å². The third kappa shape index (κ3) is 3.42. The van der Waals surface area contributed by atoms with E-state index in [-0.39, 0.29) is 0 Å². The van der Waals surface area contributed by atoms with Crippen molar-refractivity contribution in [2.75, 3.05) is 18.0 Å². The van der Waals surface area contributed by atoms with Crippen LogP contribution >= 0.6 is 0 Å². The second-order valence-corrected chi connectivity index (χ2v) is 5.76. The fourth-order valence-corrected chi connectivity index (χ4v) is 2.82. The second-order valence-electron chi connectivity index (χ2n) is 5.76. The lowest BCUT2D eigenvalue weighted by atomic mass is 10.2. The summed E-state index contributed by atoms with van der Waals surface area (Å²) < 4.78 is 1.83. The Bertz CT molecular complexity index is 598. The van der Waals surface area contributed by atoms with E-state index in [0.717, 1.165) is 37.7 Å². The van der Waals surface area contributed by atoms with Gasteiger partial charge in [0, 0.05) is 56.2 Å². The van der Waals surface area contributed by atoms with E-state index >= 15 is 0 Å². The highest BCUT2D eigenvalue weighted by Crippen LogP contribution is 2.22. The Hall–Kier alpha value is -1.88. The lowest BCUT2D eigenvalue weighted by molar-refractivity contribution is 0.686. The number of aromatic nitrogens is 3. The third-order valence-electron chi connectivity index (χ3n) is 3.90. The largest absolute Gasteiger partial charge is 0.356 e. The first-order valence-electron chi connectivity index (χ1n) is 7.62. The van der Waals surface area contributed by atoms with Gasteiger partial charge >= 0.3 is 0 Å². The molecule has 0 bridgehead atoms. The number of anilines is 1. The number of nitrogens with zero attached hydrogens (tertiary/aromatic N) is 4. The van der Waals surface area contributed by atoms with E-state index in [1.807, 2.05) is 24.1 Å². The number of nitrogens with one attached hydrogen (secondary N) is 1. The molecule has 21 heavy (non-hydrogen) atoms. The van der Waals surface area contributed by atoms with Gasteiger partial charge in [-0.15, -0.1) is 0 Å². The molecule has 0 amide bonds. The van der Waals surface area contributed by atoms with Gasteiger partial charge in [-0.05, 0) is 25.8 Å². The van der Waals surface area contributed by atoms with E-state index in [1.165, 1.54) is 24.0 Å². The minimum absolute atomic E-state index is 0.834. The average Bonchev–Trinajstić information content (AvgIpc) is 3.12. The van der Waals surface area contributed by atoms with Crippen molar-refractivity contribution < 1.29 is 0 Å². The van der Waals surface area contributed by atoms with E-state index in [2.05, 4.69) is 34.4 Å². The van der Waals surface area contributed by atoms with Crippen LogP contribution in [-0.2, 0) is 20.1 Å². The summed E-state index contributed by atoms with van der Waals surface area (Å²) in [5.41, 5.74) is 3.58. The van der Waals surface area contributed by atoms with Gasteiger partial charge in [0.05, 0.1) is 6.20 Å². The van der Waals surface area contributed by atoms with Crippen LogP contribution in [0.4, 0.5) is 5.82 Å². The molecule has 5 nitrogen and oxygen atoms in total. The SMILES string of the molecule is Cc1ccc(CNCc2cnn(C)c2)c(N2CCCC2)n1. The molecule has 2 aromatic heterocycles. The molecule has 3 heterocycles. The summed E-state index contributed by atoms with van der Waals surface area (Å²) in [5.74, 6) is 1.16. The smallest absolute Gasteiger partial charge is 0.133 e. The Morgan fingerprint density at radius 1 is 1.19 bits per heavy atom. The zero-order chi connectivity index (χ0) is 14.7. The molecule has 0 radical (unpaired) electrons. The van der Waals surface area contributed by atoms with E-state index in [9.17, 15) is 0 Å². The summed E-state index contributed by atoms with van der Waals surface area (Å²) in [6.07, 6.45) is 6.50. The number of hydrogen-bond acceptors (Lipinski definition) is 4. The Morgan fingerprint density at radius 2 is 2.00 bits per heavy atom. The first-order chi connectivity index (χ1) is 10.2. The lowest BCUT2D eigenvalue weighted by Gasteiger charge is -2.20. The Labute approximate surface area is 126 Å². The number of hydrogen-bond donors (Lipinski definition) is 1. The van der Waals surface area contributed by atoms with Crippen molar-refractivity contribution in [2.45, 2.75) is 32.9 Å². The molecule has 0 unspecified atom stereocenters. The zero-order valence-corrected chi connectivity index (χ0v) is 12.8. The topological polar surface area (TPSA) is 46.0 Å². The van der Waals surface area contributed by atoms with Crippen LogP contribution < -0.4 is 10.2 Å². The molecule has 1 aliphatic rings. The first-order valence-corrected chi connectivity index (χ1v) is 7.62. The quantitative estimate of drug-likeness (QED) is 0.913. The average molecular weight is 285 g/mol. The van der Waals surface area contributed by atoms with E-state index in [1.54, 1.807) is 0 Å². The van der Waals surface area contributed by atoms with Crippen LogP contribution in [0.15, 0.2) is 24.5 Å². The summed E-state index contributed by atoms with van der Waals surface area (Å²) in [7, 11) is 1.94. The maximum Gasteiger partial charge on any atom is 0.133 e. The van der Waals surface area contributed by atoms with Gasteiger partial charge in [0.15, 0.2) is 0 Å². The molecule has 3 rings (SSSR count). The third-order valence-corrected chi connectivity index (χ3v) is 3.90. The van der Waals surface area contributed by atoms with Crippen molar-refractivity contribution in [3.05, 3.63) is 41.3 Å².